The van der Waals surface area contributed by atoms with Gasteiger partial charge in [0.1, 0.15) is 11.9 Å². The quantitative estimate of drug-likeness (QED) is 0.642. The minimum atomic E-state index is -1.39. The van der Waals surface area contributed by atoms with Gasteiger partial charge in [-0.15, -0.1) is 0 Å². The van der Waals surface area contributed by atoms with Crippen LogP contribution in [0, 0.1) is 5.82 Å². The Morgan fingerprint density at radius 3 is 2.69 bits per heavy atom. The molecule has 1 rings (SSSR count). The fraction of sp³-hybridized carbons (Fsp3) is 0.364. The van der Waals surface area contributed by atoms with Gasteiger partial charge in [0.15, 0.2) is 6.29 Å². The highest BCUT2D eigenvalue weighted by Crippen LogP contribution is 2.25. The lowest BCUT2D eigenvalue weighted by molar-refractivity contribution is 0.0149. The number of alkyl halides is 1. The van der Waals surface area contributed by atoms with Crippen molar-refractivity contribution in [2.75, 3.05) is 5.33 Å². The zero-order chi connectivity index (χ0) is 12.1. The molecule has 16 heavy (non-hydrogen) atoms. The van der Waals surface area contributed by atoms with Crippen LogP contribution in [0.1, 0.15) is 28.4 Å². The Hall–Kier alpha value is -0.780. The van der Waals surface area contributed by atoms with Crippen LogP contribution in [0.15, 0.2) is 18.2 Å². The van der Waals surface area contributed by atoms with Gasteiger partial charge < -0.3 is 10.2 Å². The number of hydrogen-bond acceptors (Lipinski definition) is 3. The lowest BCUT2D eigenvalue weighted by Crippen LogP contribution is -2.21. The molecule has 1 aromatic carbocycles. The fourth-order valence-electron chi connectivity index (χ4n) is 1.43. The molecule has 0 heterocycles. The molecule has 2 N–H and O–H groups in total. The number of rotatable bonds is 5. The molecule has 2 atom stereocenters. The van der Waals surface area contributed by atoms with Gasteiger partial charge in [0.05, 0.1) is 6.10 Å². The minimum Gasteiger partial charge on any atom is -0.390 e. The topological polar surface area (TPSA) is 57.5 Å². The van der Waals surface area contributed by atoms with Gasteiger partial charge in [-0.2, -0.15) is 0 Å². The summed E-state index contributed by atoms with van der Waals surface area (Å²) < 4.78 is 13.4. The van der Waals surface area contributed by atoms with Crippen molar-refractivity contribution in [2.24, 2.45) is 0 Å². The zero-order valence-corrected chi connectivity index (χ0v) is 10.0. The number of halogens is 2. The summed E-state index contributed by atoms with van der Waals surface area (Å²) in [6, 6.07) is 3.92. The van der Waals surface area contributed by atoms with Crippen molar-refractivity contribution in [3.63, 3.8) is 0 Å². The van der Waals surface area contributed by atoms with Crippen molar-refractivity contribution in [3.05, 3.63) is 35.1 Å². The van der Waals surface area contributed by atoms with Crippen LogP contribution in [0.3, 0.4) is 0 Å². The molecule has 0 saturated heterocycles. The van der Waals surface area contributed by atoms with Gasteiger partial charge in [0, 0.05) is 16.5 Å². The normalized spacial score (nSPS) is 14.5. The number of aliphatic hydroxyl groups is 2. The number of carbonyl (C=O) groups is 1. The Balaban J connectivity index is 3.06. The maximum atomic E-state index is 13.4. The molecular weight excluding hydrogens is 279 g/mol. The average Bonchev–Trinajstić information content (AvgIpc) is 2.28. The molecule has 0 aliphatic carbocycles. The highest BCUT2D eigenvalue weighted by Gasteiger charge is 2.23. The van der Waals surface area contributed by atoms with Crippen molar-refractivity contribution in [3.8, 4) is 0 Å². The molecule has 88 valence electrons. The molecule has 0 radical (unpaired) electrons. The molecule has 0 amide bonds. The van der Waals surface area contributed by atoms with Gasteiger partial charge in [-0.05, 0) is 12.5 Å². The zero-order valence-electron chi connectivity index (χ0n) is 8.44. The number of hydrogen-bond donors (Lipinski definition) is 2. The van der Waals surface area contributed by atoms with Crippen LogP contribution in [0.2, 0.25) is 0 Å². The van der Waals surface area contributed by atoms with Crippen LogP contribution >= 0.6 is 15.9 Å². The van der Waals surface area contributed by atoms with E-state index >= 15 is 0 Å². The standard InChI is InChI=1S/C11H12BrFO3/c12-5-4-9(15)11(16)10-7(6-14)2-1-3-8(10)13/h1-3,6,9,11,15-16H,4-5H2. The largest absolute Gasteiger partial charge is 0.390 e. The first kappa shape index (κ1) is 13.3. The maximum absolute atomic E-state index is 13.4. The molecule has 0 bridgehead atoms. The summed E-state index contributed by atoms with van der Waals surface area (Å²) in [6.07, 6.45) is -1.76. The Labute approximate surface area is 101 Å². The van der Waals surface area contributed by atoms with E-state index in [4.69, 9.17) is 0 Å². The summed E-state index contributed by atoms with van der Waals surface area (Å²) in [5, 5.41) is 19.8. The van der Waals surface area contributed by atoms with Crippen molar-refractivity contribution in [2.45, 2.75) is 18.6 Å². The van der Waals surface area contributed by atoms with Crippen LogP contribution < -0.4 is 0 Å². The Bertz CT molecular complexity index is 370. The highest BCUT2D eigenvalue weighted by molar-refractivity contribution is 9.09. The summed E-state index contributed by atoms with van der Waals surface area (Å²) in [5.41, 5.74) is -0.0907. The van der Waals surface area contributed by atoms with Gasteiger partial charge in [-0.25, -0.2) is 4.39 Å². The van der Waals surface area contributed by atoms with Crippen LogP contribution in [-0.2, 0) is 0 Å². The van der Waals surface area contributed by atoms with Crippen molar-refractivity contribution in [1.29, 1.82) is 0 Å². The molecule has 0 spiro atoms. The smallest absolute Gasteiger partial charge is 0.150 e. The predicted octanol–water partition coefficient (Wildman–Crippen LogP) is 1.82. The molecule has 1 aromatic rings. The fourth-order valence-corrected chi connectivity index (χ4v) is 1.90. The molecule has 0 saturated carbocycles. The summed E-state index contributed by atoms with van der Waals surface area (Å²) in [6.45, 7) is 0. The molecule has 0 aliphatic rings. The molecule has 2 unspecified atom stereocenters. The van der Waals surface area contributed by atoms with Gasteiger partial charge in [-0.3, -0.25) is 4.79 Å². The van der Waals surface area contributed by atoms with E-state index < -0.39 is 18.0 Å². The molecule has 3 nitrogen and oxygen atoms in total. The van der Waals surface area contributed by atoms with Gasteiger partial charge in [-0.1, -0.05) is 28.1 Å². The Morgan fingerprint density at radius 1 is 1.44 bits per heavy atom. The Morgan fingerprint density at radius 2 is 2.12 bits per heavy atom. The second kappa shape index (κ2) is 6.08. The van der Waals surface area contributed by atoms with Crippen molar-refractivity contribution in [1.82, 2.24) is 0 Å². The molecule has 0 aliphatic heterocycles. The number of aliphatic hydroxyl groups excluding tert-OH is 2. The van der Waals surface area contributed by atoms with Crippen LogP contribution in [0.25, 0.3) is 0 Å². The number of carbonyl (C=O) groups excluding carboxylic acids is 1. The second-order valence-electron chi connectivity index (χ2n) is 3.35. The SMILES string of the molecule is O=Cc1cccc(F)c1C(O)C(O)CCBr. The van der Waals surface area contributed by atoms with Gasteiger partial charge >= 0.3 is 0 Å². The third kappa shape index (κ3) is 2.87. The lowest BCUT2D eigenvalue weighted by atomic mass is 9.97. The van der Waals surface area contributed by atoms with E-state index in [-0.39, 0.29) is 17.5 Å². The average molecular weight is 291 g/mol. The first-order valence-corrected chi connectivity index (χ1v) is 5.89. The van der Waals surface area contributed by atoms with E-state index in [1.165, 1.54) is 12.1 Å². The van der Waals surface area contributed by atoms with Crippen molar-refractivity contribution < 1.29 is 19.4 Å². The minimum absolute atomic E-state index is 0.0566. The van der Waals surface area contributed by atoms with Gasteiger partial charge in [0.2, 0.25) is 0 Å². The van der Waals surface area contributed by atoms with Crippen LogP contribution in [-0.4, -0.2) is 27.9 Å². The van der Waals surface area contributed by atoms with Gasteiger partial charge in [0.25, 0.3) is 0 Å². The van der Waals surface area contributed by atoms with E-state index in [1.54, 1.807) is 0 Å². The molecular formula is C11H12BrFO3. The monoisotopic (exact) mass is 290 g/mol. The molecule has 0 aromatic heterocycles. The van der Waals surface area contributed by atoms with E-state index in [2.05, 4.69) is 15.9 Å². The first-order chi connectivity index (χ1) is 7.61. The molecule has 0 fully saturated rings. The summed E-state index contributed by atoms with van der Waals surface area (Å²) >= 11 is 3.11. The van der Waals surface area contributed by atoms with E-state index in [9.17, 15) is 19.4 Å². The first-order valence-electron chi connectivity index (χ1n) is 4.77. The summed E-state index contributed by atoms with van der Waals surface area (Å²) in [7, 11) is 0. The molecule has 5 heteroatoms. The third-order valence-corrected chi connectivity index (χ3v) is 2.74. The number of benzene rings is 1. The van der Waals surface area contributed by atoms with E-state index in [1.807, 2.05) is 0 Å². The Kier molecular flexibility index (Phi) is 5.05. The van der Waals surface area contributed by atoms with Crippen molar-refractivity contribution >= 4 is 22.2 Å². The lowest BCUT2D eigenvalue weighted by Gasteiger charge is -2.19. The third-order valence-electron chi connectivity index (χ3n) is 2.28. The highest BCUT2D eigenvalue weighted by atomic mass is 79.9. The van der Waals surface area contributed by atoms with E-state index in [0.29, 0.717) is 11.6 Å². The predicted molar refractivity (Wildman–Crippen MR) is 61.2 cm³/mol. The number of aldehydes is 1. The summed E-state index contributed by atoms with van der Waals surface area (Å²) in [4.78, 5) is 10.7. The second-order valence-corrected chi connectivity index (χ2v) is 4.14. The van der Waals surface area contributed by atoms with E-state index in [0.717, 1.165) is 6.07 Å². The maximum Gasteiger partial charge on any atom is 0.150 e. The van der Waals surface area contributed by atoms with Crippen LogP contribution in [0.4, 0.5) is 4.39 Å². The summed E-state index contributed by atoms with van der Waals surface area (Å²) in [5.74, 6) is -0.689. The van der Waals surface area contributed by atoms with Crippen LogP contribution in [0.5, 0.6) is 0 Å².